The minimum Gasteiger partial charge on any atom is -0.368 e. The zero-order valence-corrected chi connectivity index (χ0v) is 13.5. The van der Waals surface area contributed by atoms with Gasteiger partial charge in [-0.05, 0) is 17.7 Å². The molecule has 2 aromatic carbocycles. The molecule has 122 valence electrons. The lowest BCUT2D eigenvalue weighted by Gasteiger charge is -2.36. The molecule has 0 unspecified atom stereocenters. The highest BCUT2D eigenvalue weighted by Gasteiger charge is 2.19. The molecule has 0 atom stereocenters. The molecule has 1 saturated heterocycles. The number of rotatable bonds is 4. The van der Waals surface area contributed by atoms with Crippen LogP contribution < -0.4 is 4.90 Å². The molecule has 2 aromatic rings. The lowest BCUT2D eigenvalue weighted by atomic mass is 10.1. The van der Waals surface area contributed by atoms with E-state index in [0.29, 0.717) is 5.69 Å². The van der Waals surface area contributed by atoms with Crippen LogP contribution in [0.1, 0.15) is 11.1 Å². The number of hydrogen-bond acceptors (Lipinski definition) is 3. The van der Waals surface area contributed by atoms with Crippen molar-refractivity contribution >= 4 is 11.8 Å². The van der Waals surface area contributed by atoms with Crippen molar-refractivity contribution in [3.05, 3.63) is 71.6 Å². The smallest absolute Gasteiger partial charge is 0.143 e. The molecule has 0 aliphatic carbocycles. The molecule has 1 heterocycles. The van der Waals surface area contributed by atoms with E-state index >= 15 is 0 Å². The SMILES string of the molecule is N#Cc1c(F)cccc1N1CCN(C/C=C/c2ccccc2)CC1. The van der Waals surface area contributed by atoms with Gasteiger partial charge in [-0.3, -0.25) is 4.90 Å². The average molecular weight is 321 g/mol. The third kappa shape index (κ3) is 3.81. The second-order valence-electron chi connectivity index (χ2n) is 5.85. The fraction of sp³-hybridized carbons (Fsp3) is 0.250. The monoisotopic (exact) mass is 321 g/mol. The number of halogens is 1. The number of piperazine rings is 1. The molecule has 24 heavy (non-hydrogen) atoms. The van der Waals surface area contributed by atoms with Gasteiger partial charge in [-0.15, -0.1) is 0 Å². The summed E-state index contributed by atoms with van der Waals surface area (Å²) >= 11 is 0. The summed E-state index contributed by atoms with van der Waals surface area (Å²) in [5.74, 6) is -0.441. The van der Waals surface area contributed by atoms with Crippen LogP contribution in [0.25, 0.3) is 6.08 Å². The zero-order valence-electron chi connectivity index (χ0n) is 13.5. The molecule has 0 N–H and O–H groups in total. The van der Waals surface area contributed by atoms with Gasteiger partial charge in [-0.25, -0.2) is 4.39 Å². The van der Waals surface area contributed by atoms with Crippen molar-refractivity contribution in [2.75, 3.05) is 37.6 Å². The first-order chi connectivity index (χ1) is 11.8. The van der Waals surface area contributed by atoms with Crippen LogP contribution in [0, 0.1) is 17.1 Å². The molecule has 0 radical (unpaired) electrons. The minimum absolute atomic E-state index is 0.148. The van der Waals surface area contributed by atoms with Gasteiger partial charge in [0, 0.05) is 32.7 Å². The minimum atomic E-state index is -0.441. The number of benzene rings is 2. The van der Waals surface area contributed by atoms with Gasteiger partial charge in [0.15, 0.2) is 0 Å². The van der Waals surface area contributed by atoms with Crippen molar-refractivity contribution in [1.82, 2.24) is 4.90 Å². The molecule has 4 heteroatoms. The Hall–Kier alpha value is -2.64. The van der Waals surface area contributed by atoms with Crippen LogP contribution in [-0.4, -0.2) is 37.6 Å². The van der Waals surface area contributed by atoms with Crippen LogP contribution in [0.3, 0.4) is 0 Å². The Morgan fingerprint density at radius 1 is 1.00 bits per heavy atom. The van der Waals surface area contributed by atoms with Crippen LogP contribution in [-0.2, 0) is 0 Å². The molecular weight excluding hydrogens is 301 g/mol. The molecule has 0 aromatic heterocycles. The van der Waals surface area contributed by atoms with Crippen molar-refractivity contribution in [2.24, 2.45) is 0 Å². The quantitative estimate of drug-likeness (QED) is 0.863. The summed E-state index contributed by atoms with van der Waals surface area (Å²) in [7, 11) is 0. The second kappa shape index (κ2) is 7.76. The fourth-order valence-corrected chi connectivity index (χ4v) is 2.96. The third-order valence-corrected chi connectivity index (χ3v) is 4.29. The van der Waals surface area contributed by atoms with Gasteiger partial charge in [0.25, 0.3) is 0 Å². The van der Waals surface area contributed by atoms with Crippen molar-refractivity contribution < 1.29 is 4.39 Å². The van der Waals surface area contributed by atoms with Crippen LogP contribution in [0.4, 0.5) is 10.1 Å². The van der Waals surface area contributed by atoms with E-state index in [2.05, 4.69) is 34.1 Å². The topological polar surface area (TPSA) is 30.3 Å². The molecule has 1 fully saturated rings. The van der Waals surface area contributed by atoms with E-state index in [9.17, 15) is 9.65 Å². The summed E-state index contributed by atoms with van der Waals surface area (Å²) in [5, 5.41) is 9.17. The van der Waals surface area contributed by atoms with Gasteiger partial charge >= 0.3 is 0 Å². The molecule has 1 aliphatic heterocycles. The van der Waals surface area contributed by atoms with Crippen LogP contribution in [0.15, 0.2) is 54.6 Å². The highest BCUT2D eigenvalue weighted by Crippen LogP contribution is 2.23. The number of nitriles is 1. The lowest BCUT2D eigenvalue weighted by molar-refractivity contribution is 0.284. The van der Waals surface area contributed by atoms with Gasteiger partial charge in [-0.2, -0.15) is 5.26 Å². The van der Waals surface area contributed by atoms with E-state index in [1.54, 1.807) is 6.07 Å². The molecule has 0 spiro atoms. The predicted molar refractivity (Wildman–Crippen MR) is 95.2 cm³/mol. The normalized spacial score (nSPS) is 15.6. The summed E-state index contributed by atoms with van der Waals surface area (Å²) in [6, 6.07) is 17.1. The van der Waals surface area contributed by atoms with Crippen LogP contribution in [0.2, 0.25) is 0 Å². The van der Waals surface area contributed by atoms with Gasteiger partial charge in [0.1, 0.15) is 17.4 Å². The Morgan fingerprint density at radius 3 is 2.46 bits per heavy atom. The maximum Gasteiger partial charge on any atom is 0.143 e. The number of anilines is 1. The molecule has 0 bridgehead atoms. The average Bonchev–Trinajstić information content (AvgIpc) is 2.63. The zero-order chi connectivity index (χ0) is 16.8. The van der Waals surface area contributed by atoms with E-state index in [4.69, 9.17) is 0 Å². The highest BCUT2D eigenvalue weighted by molar-refractivity contribution is 5.60. The van der Waals surface area contributed by atoms with E-state index in [-0.39, 0.29) is 5.56 Å². The first-order valence-electron chi connectivity index (χ1n) is 8.15. The Kier molecular flexibility index (Phi) is 5.25. The third-order valence-electron chi connectivity index (χ3n) is 4.29. The fourth-order valence-electron chi connectivity index (χ4n) is 2.96. The summed E-state index contributed by atoms with van der Waals surface area (Å²) in [6.07, 6.45) is 4.31. The van der Waals surface area contributed by atoms with Crippen LogP contribution in [0.5, 0.6) is 0 Å². The Labute approximate surface area is 142 Å². The molecule has 3 nitrogen and oxygen atoms in total. The van der Waals surface area contributed by atoms with Crippen molar-refractivity contribution in [2.45, 2.75) is 0 Å². The van der Waals surface area contributed by atoms with E-state index in [1.807, 2.05) is 30.3 Å². The molecule has 1 aliphatic rings. The Morgan fingerprint density at radius 2 is 1.75 bits per heavy atom. The molecule has 0 saturated carbocycles. The van der Waals surface area contributed by atoms with Gasteiger partial charge in [0.2, 0.25) is 0 Å². The van der Waals surface area contributed by atoms with Gasteiger partial charge in [0.05, 0.1) is 5.69 Å². The van der Waals surface area contributed by atoms with Crippen LogP contribution >= 0.6 is 0 Å². The lowest BCUT2D eigenvalue weighted by Crippen LogP contribution is -2.46. The first-order valence-corrected chi connectivity index (χ1v) is 8.15. The summed E-state index contributed by atoms with van der Waals surface area (Å²) in [5.41, 5.74) is 2.06. The number of nitrogens with zero attached hydrogens (tertiary/aromatic N) is 3. The van der Waals surface area contributed by atoms with Crippen molar-refractivity contribution in [1.29, 1.82) is 5.26 Å². The summed E-state index contributed by atoms with van der Waals surface area (Å²) in [6.45, 7) is 4.31. The van der Waals surface area contributed by atoms with Gasteiger partial charge in [-0.1, -0.05) is 48.6 Å². The van der Waals surface area contributed by atoms with E-state index in [1.165, 1.54) is 11.6 Å². The first kappa shape index (κ1) is 16.2. The summed E-state index contributed by atoms with van der Waals surface area (Å²) in [4.78, 5) is 4.46. The second-order valence-corrected chi connectivity index (χ2v) is 5.85. The van der Waals surface area contributed by atoms with Crippen molar-refractivity contribution in [3.8, 4) is 6.07 Å². The molecular formula is C20H20FN3. The highest BCUT2D eigenvalue weighted by atomic mass is 19.1. The molecule has 3 rings (SSSR count). The van der Waals surface area contributed by atoms with E-state index < -0.39 is 5.82 Å². The Bertz CT molecular complexity index is 741. The van der Waals surface area contributed by atoms with E-state index in [0.717, 1.165) is 32.7 Å². The maximum atomic E-state index is 13.7. The number of hydrogen-bond donors (Lipinski definition) is 0. The summed E-state index contributed by atoms with van der Waals surface area (Å²) < 4.78 is 13.7. The molecule has 0 amide bonds. The standard InChI is InChI=1S/C20H20FN3/c21-19-9-4-10-20(18(19)16-22)24-14-12-23(13-15-24)11-5-8-17-6-2-1-3-7-17/h1-10H,11-15H2/b8-5+. The van der Waals surface area contributed by atoms with Gasteiger partial charge < -0.3 is 4.90 Å². The largest absolute Gasteiger partial charge is 0.368 e. The predicted octanol–water partition coefficient (Wildman–Crippen LogP) is 3.53. The maximum absolute atomic E-state index is 13.7. The Balaban J connectivity index is 1.56. The van der Waals surface area contributed by atoms with Crippen molar-refractivity contribution in [3.63, 3.8) is 0 Å².